The molecule has 0 heterocycles. The molecule has 0 spiro atoms. The van der Waals surface area contributed by atoms with Crippen LogP contribution in [0, 0.1) is 0 Å². The van der Waals surface area contributed by atoms with Gasteiger partial charge in [0.15, 0.2) is 0 Å². The fourth-order valence-corrected chi connectivity index (χ4v) is 12.5. The van der Waals surface area contributed by atoms with Gasteiger partial charge in [0.25, 0.3) is 0 Å². The van der Waals surface area contributed by atoms with Crippen molar-refractivity contribution in [1.29, 1.82) is 0 Å². The summed E-state index contributed by atoms with van der Waals surface area (Å²) >= 11 is 0. The number of benzene rings is 3. The van der Waals surface area contributed by atoms with E-state index in [-0.39, 0.29) is 17.2 Å². The van der Waals surface area contributed by atoms with Gasteiger partial charge in [0.05, 0.1) is 0 Å². The summed E-state index contributed by atoms with van der Waals surface area (Å²) in [5.41, 5.74) is 3.59. The molecule has 3 aliphatic rings. The molecule has 2 atom stereocenters. The third-order valence-electron chi connectivity index (χ3n) is 9.17. The molecule has 3 heteroatoms. The van der Waals surface area contributed by atoms with Crippen LogP contribution < -0.4 is 0 Å². The Hall–Kier alpha value is -2.15. The molecule has 6 rings (SSSR count). The highest BCUT2D eigenvalue weighted by Crippen LogP contribution is 2.74. The van der Waals surface area contributed by atoms with Gasteiger partial charge in [0, 0.05) is 17.2 Å². The van der Waals surface area contributed by atoms with Crippen molar-refractivity contribution in [3.05, 3.63) is 89.5 Å². The lowest BCUT2D eigenvalue weighted by atomic mass is 9.78. The van der Waals surface area contributed by atoms with E-state index in [1.54, 1.807) is 0 Å². The SMILES string of the molecule is O=P(C1CCCCC1)(C1CCCCC1)C1(O)C=Cc2ccccc2C1c1cccc2ccccc12. The van der Waals surface area contributed by atoms with Crippen molar-refractivity contribution in [2.75, 3.05) is 0 Å². The number of aliphatic hydroxyl groups is 1. The zero-order valence-corrected chi connectivity index (χ0v) is 21.5. The van der Waals surface area contributed by atoms with E-state index in [4.69, 9.17) is 0 Å². The average Bonchev–Trinajstić information content (AvgIpc) is 2.93. The Bertz CT molecular complexity index is 1250. The predicted octanol–water partition coefficient (Wildman–Crippen LogP) is 8.72. The van der Waals surface area contributed by atoms with E-state index >= 15 is 4.57 Å². The lowest BCUT2D eigenvalue weighted by Gasteiger charge is -2.51. The van der Waals surface area contributed by atoms with Gasteiger partial charge >= 0.3 is 0 Å². The molecule has 3 aromatic rings. The fraction of sp³-hybridized carbons (Fsp3) is 0.438. The lowest BCUT2D eigenvalue weighted by molar-refractivity contribution is 0.146. The Morgan fingerprint density at radius 3 is 1.97 bits per heavy atom. The van der Waals surface area contributed by atoms with Crippen LogP contribution in [0.5, 0.6) is 0 Å². The van der Waals surface area contributed by atoms with Crippen molar-refractivity contribution < 1.29 is 9.67 Å². The molecule has 0 amide bonds. The van der Waals surface area contributed by atoms with E-state index in [9.17, 15) is 5.11 Å². The predicted molar refractivity (Wildman–Crippen MR) is 148 cm³/mol. The number of fused-ring (bicyclic) bond motifs is 2. The first-order chi connectivity index (χ1) is 17.1. The highest BCUT2D eigenvalue weighted by Gasteiger charge is 2.59. The molecule has 35 heavy (non-hydrogen) atoms. The van der Waals surface area contributed by atoms with Crippen molar-refractivity contribution in [3.63, 3.8) is 0 Å². The van der Waals surface area contributed by atoms with Crippen molar-refractivity contribution in [2.45, 2.75) is 86.8 Å². The Labute approximate surface area is 209 Å². The van der Waals surface area contributed by atoms with Crippen LogP contribution in [0.4, 0.5) is 0 Å². The normalized spacial score (nSPS) is 26.0. The minimum Gasteiger partial charge on any atom is -0.377 e. The monoisotopic (exact) mass is 484 g/mol. The van der Waals surface area contributed by atoms with E-state index < -0.39 is 12.5 Å². The molecule has 2 unspecified atom stereocenters. The molecule has 0 bridgehead atoms. The first-order valence-corrected chi connectivity index (χ1v) is 15.5. The van der Waals surface area contributed by atoms with Gasteiger partial charge in [-0.1, -0.05) is 111 Å². The quantitative estimate of drug-likeness (QED) is 0.376. The zero-order chi connectivity index (χ0) is 23.9. The van der Waals surface area contributed by atoms with Crippen LogP contribution in [0.25, 0.3) is 16.8 Å². The molecule has 2 nitrogen and oxygen atoms in total. The van der Waals surface area contributed by atoms with E-state index in [1.165, 1.54) is 18.2 Å². The van der Waals surface area contributed by atoms with E-state index in [0.717, 1.165) is 73.4 Å². The summed E-state index contributed by atoms with van der Waals surface area (Å²) in [5, 5.41) is 14.0. The van der Waals surface area contributed by atoms with Crippen LogP contribution >= 0.6 is 7.14 Å². The van der Waals surface area contributed by atoms with Gasteiger partial charge in [-0.05, 0) is 59.2 Å². The largest absolute Gasteiger partial charge is 0.377 e. The molecule has 0 radical (unpaired) electrons. The van der Waals surface area contributed by atoms with Gasteiger partial charge in [0.2, 0.25) is 0 Å². The Morgan fingerprint density at radius 1 is 0.686 bits per heavy atom. The Kier molecular flexibility index (Phi) is 6.23. The van der Waals surface area contributed by atoms with Crippen LogP contribution in [0.1, 0.15) is 86.8 Å². The highest BCUT2D eigenvalue weighted by molar-refractivity contribution is 7.67. The number of hydrogen-bond donors (Lipinski definition) is 1. The lowest BCUT2D eigenvalue weighted by Crippen LogP contribution is -2.44. The van der Waals surface area contributed by atoms with Gasteiger partial charge in [-0.15, -0.1) is 0 Å². The third-order valence-corrected chi connectivity index (χ3v) is 13.9. The smallest absolute Gasteiger partial charge is 0.147 e. The molecule has 1 N–H and O–H groups in total. The zero-order valence-electron chi connectivity index (χ0n) is 20.6. The molecular weight excluding hydrogens is 447 g/mol. The van der Waals surface area contributed by atoms with Gasteiger partial charge in [-0.3, -0.25) is 0 Å². The van der Waals surface area contributed by atoms with Gasteiger partial charge < -0.3 is 9.67 Å². The molecule has 2 saturated carbocycles. The molecule has 182 valence electrons. The summed E-state index contributed by atoms with van der Waals surface area (Å²) in [6.07, 6.45) is 15.0. The van der Waals surface area contributed by atoms with Crippen molar-refractivity contribution in [2.24, 2.45) is 0 Å². The molecule has 0 aliphatic heterocycles. The van der Waals surface area contributed by atoms with E-state index in [0.29, 0.717) is 0 Å². The minimum atomic E-state index is -3.04. The molecular formula is C32H37O2P. The van der Waals surface area contributed by atoms with Crippen LogP contribution in [0.15, 0.2) is 72.8 Å². The van der Waals surface area contributed by atoms with Crippen LogP contribution in [-0.4, -0.2) is 21.8 Å². The van der Waals surface area contributed by atoms with Crippen LogP contribution in [0.2, 0.25) is 0 Å². The van der Waals surface area contributed by atoms with Crippen LogP contribution in [0.3, 0.4) is 0 Å². The maximum Gasteiger partial charge on any atom is 0.147 e. The molecule has 3 aromatic carbocycles. The molecule has 3 aliphatic carbocycles. The average molecular weight is 485 g/mol. The number of rotatable bonds is 4. The minimum absolute atomic E-state index is 0.122. The van der Waals surface area contributed by atoms with Gasteiger partial charge in [0.1, 0.15) is 12.5 Å². The molecule has 0 aromatic heterocycles. The second-order valence-electron chi connectivity index (χ2n) is 11.0. The van der Waals surface area contributed by atoms with Gasteiger partial charge in [-0.2, -0.15) is 0 Å². The standard InChI is InChI=1S/C32H37O2P/c33-32(35(34,26-15-3-1-4-16-26)27-17-5-2-6-18-27)23-22-25-13-8-10-20-29(25)31(32)30-21-11-14-24-12-7-9-19-28(24)30/h7-14,19-23,26-27,31,33H,1-6,15-18H2. The summed E-state index contributed by atoms with van der Waals surface area (Å²) in [5.74, 6) is -0.329. The highest BCUT2D eigenvalue weighted by atomic mass is 31.2. The molecule has 2 fully saturated rings. The van der Waals surface area contributed by atoms with Crippen molar-refractivity contribution in [3.8, 4) is 0 Å². The fourth-order valence-electron chi connectivity index (χ4n) is 7.49. The summed E-state index contributed by atoms with van der Waals surface area (Å²) in [6.45, 7) is 0. The first kappa shape index (κ1) is 23.3. The van der Waals surface area contributed by atoms with Crippen molar-refractivity contribution >= 4 is 24.0 Å². The summed E-state index contributed by atoms with van der Waals surface area (Å²) in [6, 6.07) is 23.3. The Balaban J connectivity index is 1.61. The number of hydrogen-bond acceptors (Lipinski definition) is 2. The maximum absolute atomic E-state index is 15.8. The summed E-state index contributed by atoms with van der Waals surface area (Å²) in [4.78, 5) is 0. The third kappa shape index (κ3) is 3.76. The second kappa shape index (κ2) is 9.38. The Morgan fingerprint density at radius 2 is 1.26 bits per heavy atom. The van der Waals surface area contributed by atoms with E-state index in [2.05, 4.69) is 72.8 Å². The maximum atomic E-state index is 15.8. The second-order valence-corrected chi connectivity index (χ2v) is 14.6. The van der Waals surface area contributed by atoms with Crippen molar-refractivity contribution in [1.82, 2.24) is 0 Å². The molecule has 0 saturated heterocycles. The van der Waals surface area contributed by atoms with Gasteiger partial charge in [-0.25, -0.2) is 0 Å². The van der Waals surface area contributed by atoms with Crippen LogP contribution in [-0.2, 0) is 4.57 Å². The summed E-state index contributed by atoms with van der Waals surface area (Å²) in [7, 11) is -3.04. The summed E-state index contributed by atoms with van der Waals surface area (Å²) < 4.78 is 15.8. The van der Waals surface area contributed by atoms with E-state index in [1.807, 2.05) is 6.08 Å². The first-order valence-electron chi connectivity index (χ1n) is 13.7. The topological polar surface area (TPSA) is 37.3 Å².